The summed E-state index contributed by atoms with van der Waals surface area (Å²) in [5.41, 5.74) is 7.22. The standard InChI is InChI=1S/C13H16N2O2/c14-12-7-2-1-3-8-15(12)11-6-4-5-10(9-11)13(16)17/h4-6,9,14H,1-3,7-8H2,(H,16,17)/p+1. The monoisotopic (exact) mass is 233 g/mol. The van der Waals surface area contributed by atoms with Crippen molar-refractivity contribution in [2.24, 2.45) is 5.73 Å². The second-order valence-electron chi connectivity index (χ2n) is 4.31. The summed E-state index contributed by atoms with van der Waals surface area (Å²) >= 11 is 0. The van der Waals surface area contributed by atoms with Crippen LogP contribution in [0.2, 0.25) is 0 Å². The minimum atomic E-state index is -0.903. The Bertz CT molecular complexity index is 466. The molecule has 0 saturated carbocycles. The average Bonchev–Trinajstić information content (AvgIpc) is 2.54. The van der Waals surface area contributed by atoms with Crippen LogP contribution in [-0.4, -0.2) is 28.0 Å². The Morgan fingerprint density at radius 2 is 2.12 bits per heavy atom. The van der Waals surface area contributed by atoms with Gasteiger partial charge in [0, 0.05) is 6.42 Å². The number of nitrogens with two attached hydrogens (primary N) is 1. The number of carbonyl (C=O) groups is 1. The maximum atomic E-state index is 10.9. The molecule has 3 N–H and O–H groups in total. The molecule has 1 aliphatic rings. The number of amidine groups is 1. The van der Waals surface area contributed by atoms with Gasteiger partial charge >= 0.3 is 5.97 Å². The van der Waals surface area contributed by atoms with E-state index >= 15 is 0 Å². The zero-order valence-corrected chi connectivity index (χ0v) is 9.72. The number of benzene rings is 1. The number of aromatic carboxylic acids is 1. The molecule has 0 aromatic heterocycles. The van der Waals surface area contributed by atoms with Crippen molar-refractivity contribution in [3.05, 3.63) is 29.8 Å². The maximum absolute atomic E-state index is 10.9. The van der Waals surface area contributed by atoms with Crippen molar-refractivity contribution < 1.29 is 14.5 Å². The van der Waals surface area contributed by atoms with Gasteiger partial charge in [0.25, 0.3) is 0 Å². The van der Waals surface area contributed by atoms with E-state index in [1.165, 1.54) is 6.42 Å². The van der Waals surface area contributed by atoms with Gasteiger partial charge in [0.15, 0.2) is 0 Å². The van der Waals surface area contributed by atoms with Crippen LogP contribution in [0, 0.1) is 0 Å². The third-order valence-corrected chi connectivity index (χ3v) is 3.07. The van der Waals surface area contributed by atoms with E-state index in [-0.39, 0.29) is 0 Å². The Balaban J connectivity index is 2.38. The first-order valence-corrected chi connectivity index (χ1v) is 5.90. The molecule has 0 unspecified atom stereocenters. The van der Waals surface area contributed by atoms with E-state index in [1.54, 1.807) is 18.2 Å². The van der Waals surface area contributed by atoms with E-state index in [1.807, 2.05) is 10.6 Å². The van der Waals surface area contributed by atoms with Crippen molar-refractivity contribution in [3.8, 4) is 0 Å². The molecule has 1 heterocycles. The summed E-state index contributed by atoms with van der Waals surface area (Å²) < 4.78 is 2.03. The van der Waals surface area contributed by atoms with Crippen molar-refractivity contribution in [3.63, 3.8) is 0 Å². The molecule has 17 heavy (non-hydrogen) atoms. The highest BCUT2D eigenvalue weighted by Gasteiger charge is 2.16. The predicted molar refractivity (Wildman–Crippen MR) is 65.9 cm³/mol. The highest BCUT2D eigenvalue weighted by molar-refractivity contribution is 5.88. The second-order valence-corrected chi connectivity index (χ2v) is 4.31. The average molecular weight is 233 g/mol. The van der Waals surface area contributed by atoms with Gasteiger partial charge in [-0.05, 0) is 37.5 Å². The van der Waals surface area contributed by atoms with Gasteiger partial charge < -0.3 is 5.11 Å². The largest absolute Gasteiger partial charge is 0.478 e. The fourth-order valence-corrected chi connectivity index (χ4v) is 2.13. The third kappa shape index (κ3) is 2.64. The molecule has 0 spiro atoms. The minimum Gasteiger partial charge on any atom is -0.478 e. The molecule has 0 radical (unpaired) electrons. The summed E-state index contributed by atoms with van der Waals surface area (Å²) in [6.07, 6.45) is 4.27. The highest BCUT2D eigenvalue weighted by atomic mass is 16.4. The van der Waals surface area contributed by atoms with Crippen LogP contribution in [0.4, 0.5) is 5.69 Å². The summed E-state index contributed by atoms with van der Waals surface area (Å²) in [5.74, 6) is -0.0646. The lowest BCUT2D eigenvalue weighted by Crippen LogP contribution is -2.24. The zero-order valence-electron chi connectivity index (χ0n) is 9.72. The van der Waals surface area contributed by atoms with E-state index < -0.39 is 5.97 Å². The van der Waals surface area contributed by atoms with Gasteiger partial charge in [-0.3, -0.25) is 5.73 Å². The van der Waals surface area contributed by atoms with Crippen LogP contribution in [0.3, 0.4) is 0 Å². The van der Waals surface area contributed by atoms with Gasteiger partial charge in [0.2, 0.25) is 5.84 Å². The number of carboxylic acids is 1. The van der Waals surface area contributed by atoms with Crippen LogP contribution in [0.5, 0.6) is 0 Å². The van der Waals surface area contributed by atoms with Gasteiger partial charge in [0.1, 0.15) is 5.69 Å². The zero-order chi connectivity index (χ0) is 12.3. The first-order valence-electron chi connectivity index (χ1n) is 5.90. The lowest BCUT2D eigenvalue weighted by molar-refractivity contribution is -0.442. The van der Waals surface area contributed by atoms with Crippen molar-refractivity contribution in [2.75, 3.05) is 6.54 Å². The Morgan fingerprint density at radius 1 is 1.29 bits per heavy atom. The minimum absolute atomic E-state index is 0.305. The molecule has 0 atom stereocenters. The van der Waals surface area contributed by atoms with E-state index in [2.05, 4.69) is 0 Å². The lowest BCUT2D eigenvalue weighted by atomic mass is 10.2. The van der Waals surface area contributed by atoms with Crippen LogP contribution in [0.1, 0.15) is 36.0 Å². The summed E-state index contributed by atoms with van der Waals surface area (Å²) in [5, 5.41) is 8.97. The molecule has 4 heteroatoms. The van der Waals surface area contributed by atoms with Gasteiger partial charge in [0.05, 0.1) is 12.1 Å². The SMILES string of the molecule is NC1=[N+](c2cccc(C(=O)O)c2)CCCCC1. The lowest BCUT2D eigenvalue weighted by Gasteiger charge is -2.07. The molecule has 0 bridgehead atoms. The molecule has 1 aromatic carbocycles. The molecule has 0 fully saturated rings. The molecule has 1 aromatic rings. The Morgan fingerprint density at radius 3 is 2.88 bits per heavy atom. The van der Waals surface area contributed by atoms with Crippen molar-refractivity contribution in [1.29, 1.82) is 0 Å². The molecule has 2 rings (SSSR count). The van der Waals surface area contributed by atoms with E-state index in [0.717, 1.165) is 37.3 Å². The highest BCUT2D eigenvalue weighted by Crippen LogP contribution is 2.18. The predicted octanol–water partition coefficient (Wildman–Crippen LogP) is 1.96. The van der Waals surface area contributed by atoms with Crippen molar-refractivity contribution >= 4 is 17.5 Å². The summed E-state index contributed by atoms with van der Waals surface area (Å²) in [6.45, 7) is 0.870. The number of nitrogens with zero attached hydrogens (tertiary/aromatic N) is 1. The number of carboxylic acid groups (broad SMARTS) is 1. The van der Waals surface area contributed by atoms with E-state index in [0.29, 0.717) is 5.56 Å². The topological polar surface area (TPSA) is 66.3 Å². The summed E-state index contributed by atoms with van der Waals surface area (Å²) in [4.78, 5) is 10.9. The quantitative estimate of drug-likeness (QED) is 0.767. The molecule has 0 aliphatic carbocycles. The first kappa shape index (κ1) is 11.6. The Hall–Kier alpha value is -1.84. The van der Waals surface area contributed by atoms with Gasteiger partial charge in [-0.25, -0.2) is 9.37 Å². The van der Waals surface area contributed by atoms with Gasteiger partial charge in [-0.2, -0.15) is 0 Å². The number of hydrogen-bond donors (Lipinski definition) is 2. The number of rotatable bonds is 2. The molecular formula is C13H17N2O2+. The summed E-state index contributed by atoms with van der Waals surface area (Å²) in [7, 11) is 0. The number of hydrogen-bond acceptors (Lipinski definition) is 2. The normalized spacial score (nSPS) is 16.7. The molecule has 1 aliphatic heterocycles. The van der Waals surface area contributed by atoms with Crippen LogP contribution in [0.25, 0.3) is 0 Å². The van der Waals surface area contributed by atoms with Crippen LogP contribution >= 0.6 is 0 Å². The fourth-order valence-electron chi connectivity index (χ4n) is 2.13. The Kier molecular flexibility index (Phi) is 3.42. The van der Waals surface area contributed by atoms with Gasteiger partial charge in [-0.1, -0.05) is 6.07 Å². The first-order chi connectivity index (χ1) is 8.18. The van der Waals surface area contributed by atoms with E-state index in [9.17, 15) is 4.79 Å². The Labute approximate surface area is 100 Å². The van der Waals surface area contributed by atoms with Gasteiger partial charge in [-0.15, -0.1) is 0 Å². The second kappa shape index (κ2) is 4.99. The third-order valence-electron chi connectivity index (χ3n) is 3.07. The van der Waals surface area contributed by atoms with E-state index in [4.69, 9.17) is 10.8 Å². The van der Waals surface area contributed by atoms with Crippen LogP contribution < -0.4 is 5.73 Å². The molecular weight excluding hydrogens is 216 g/mol. The maximum Gasteiger partial charge on any atom is 0.335 e. The van der Waals surface area contributed by atoms with Crippen LogP contribution in [-0.2, 0) is 0 Å². The molecule has 0 amide bonds. The van der Waals surface area contributed by atoms with Crippen molar-refractivity contribution in [1.82, 2.24) is 0 Å². The molecule has 0 saturated heterocycles. The molecule has 90 valence electrons. The van der Waals surface area contributed by atoms with Crippen LogP contribution in [0.15, 0.2) is 24.3 Å². The molecule has 4 nitrogen and oxygen atoms in total. The van der Waals surface area contributed by atoms with Crippen molar-refractivity contribution in [2.45, 2.75) is 25.7 Å². The smallest absolute Gasteiger partial charge is 0.335 e. The fraction of sp³-hybridized carbons (Fsp3) is 0.385. The summed E-state index contributed by atoms with van der Waals surface area (Å²) in [6, 6.07) is 6.95.